The Kier molecular flexibility index (Phi) is 8.87. The molecule has 11 aromatic rings. The second-order valence-corrected chi connectivity index (χ2v) is 15.3. The molecule has 60 heavy (non-hydrogen) atoms. The van der Waals surface area contributed by atoms with E-state index in [2.05, 4.69) is 231 Å². The van der Waals surface area contributed by atoms with E-state index in [1.54, 1.807) is 0 Å². The molecule has 0 fully saturated rings. The van der Waals surface area contributed by atoms with Gasteiger partial charge in [0, 0.05) is 27.3 Å². The number of hydrogen-bond acceptors (Lipinski definition) is 2. The van der Waals surface area contributed by atoms with E-state index in [4.69, 9.17) is 9.97 Å². The van der Waals surface area contributed by atoms with Crippen LogP contribution in [0.5, 0.6) is 0 Å². The van der Waals surface area contributed by atoms with Gasteiger partial charge in [0.2, 0.25) is 0 Å². The molecule has 11 rings (SSSR count). The van der Waals surface area contributed by atoms with Gasteiger partial charge in [0.15, 0.2) is 0 Å². The molecular formula is C58H38N2. The zero-order valence-electron chi connectivity index (χ0n) is 32.8. The molecule has 0 saturated heterocycles. The second kappa shape index (κ2) is 15.1. The Morgan fingerprint density at radius 3 is 1.12 bits per heavy atom. The normalized spacial score (nSPS) is 11.3. The lowest BCUT2D eigenvalue weighted by Gasteiger charge is -2.16. The summed E-state index contributed by atoms with van der Waals surface area (Å²) in [5.74, 6) is 0. The van der Waals surface area contributed by atoms with Crippen LogP contribution in [0.1, 0.15) is 0 Å². The summed E-state index contributed by atoms with van der Waals surface area (Å²) in [7, 11) is 0. The minimum Gasteiger partial charge on any atom is -0.248 e. The summed E-state index contributed by atoms with van der Waals surface area (Å²) < 4.78 is 0. The minimum atomic E-state index is 0.940. The summed E-state index contributed by atoms with van der Waals surface area (Å²) in [4.78, 5) is 10.6. The summed E-state index contributed by atoms with van der Waals surface area (Å²) in [5.41, 5.74) is 17.8. The fourth-order valence-electron chi connectivity index (χ4n) is 8.62. The van der Waals surface area contributed by atoms with Gasteiger partial charge in [0.1, 0.15) is 0 Å². The van der Waals surface area contributed by atoms with Crippen molar-refractivity contribution in [1.29, 1.82) is 0 Å². The van der Waals surface area contributed by atoms with E-state index in [1.807, 2.05) is 0 Å². The Labute approximate surface area is 349 Å². The standard InChI is InChI=1S/C58H38N2/c1-4-14-39(15-5-1)41-24-28-44(29-25-41)51-36-54-53(45-30-34-46(35-31-45)56-37-52(43-18-8-3-9-19-43)49-21-12-13-23-55(49)59-56)38-57(60-58(54)50-22-11-10-20-48(50)51)47-32-26-42(27-33-47)40-16-6-2-7-17-40/h1-38H. The van der Waals surface area contributed by atoms with E-state index in [-0.39, 0.29) is 0 Å². The molecule has 0 atom stereocenters. The Hall–Kier alpha value is -7.94. The van der Waals surface area contributed by atoms with Crippen molar-refractivity contribution in [3.63, 3.8) is 0 Å². The summed E-state index contributed by atoms with van der Waals surface area (Å²) in [5, 5.41) is 4.57. The van der Waals surface area contributed by atoms with Crippen LogP contribution in [-0.4, -0.2) is 9.97 Å². The van der Waals surface area contributed by atoms with Crippen LogP contribution in [0.3, 0.4) is 0 Å². The third-order valence-corrected chi connectivity index (χ3v) is 11.7. The van der Waals surface area contributed by atoms with Crippen molar-refractivity contribution in [1.82, 2.24) is 9.97 Å². The van der Waals surface area contributed by atoms with Gasteiger partial charge in [-0.15, -0.1) is 0 Å². The van der Waals surface area contributed by atoms with Gasteiger partial charge in [-0.1, -0.05) is 206 Å². The molecule has 0 aliphatic rings. The highest BCUT2D eigenvalue weighted by Crippen LogP contribution is 2.42. The molecule has 0 spiro atoms. The largest absolute Gasteiger partial charge is 0.248 e. The zero-order chi connectivity index (χ0) is 39.8. The molecule has 0 N–H and O–H groups in total. The average molecular weight is 763 g/mol. The van der Waals surface area contributed by atoms with E-state index < -0.39 is 0 Å². The number of benzene rings is 9. The van der Waals surface area contributed by atoms with Crippen LogP contribution in [0.2, 0.25) is 0 Å². The predicted molar refractivity (Wildman–Crippen MR) is 253 cm³/mol. The first-order valence-corrected chi connectivity index (χ1v) is 20.5. The lowest BCUT2D eigenvalue weighted by molar-refractivity contribution is 1.39. The quantitative estimate of drug-likeness (QED) is 0.151. The molecule has 0 amide bonds. The highest BCUT2D eigenvalue weighted by molar-refractivity contribution is 6.16. The van der Waals surface area contributed by atoms with Gasteiger partial charge in [-0.05, 0) is 85.3 Å². The van der Waals surface area contributed by atoms with Crippen LogP contribution in [0.25, 0.3) is 111 Å². The lowest BCUT2D eigenvalue weighted by atomic mass is 9.90. The van der Waals surface area contributed by atoms with Crippen molar-refractivity contribution in [2.24, 2.45) is 0 Å². The van der Waals surface area contributed by atoms with Crippen molar-refractivity contribution in [2.75, 3.05) is 0 Å². The van der Waals surface area contributed by atoms with Gasteiger partial charge in [-0.3, -0.25) is 0 Å². The van der Waals surface area contributed by atoms with Gasteiger partial charge in [-0.25, -0.2) is 9.97 Å². The van der Waals surface area contributed by atoms with Crippen molar-refractivity contribution in [3.05, 3.63) is 231 Å². The van der Waals surface area contributed by atoms with E-state index >= 15 is 0 Å². The number of fused-ring (bicyclic) bond motifs is 4. The predicted octanol–water partition coefficient (Wildman–Crippen LogP) is 15.6. The number of para-hydroxylation sites is 1. The molecule has 0 unspecified atom stereocenters. The number of nitrogens with zero attached hydrogens (tertiary/aromatic N) is 2. The number of rotatable bonds is 7. The Morgan fingerprint density at radius 1 is 0.217 bits per heavy atom. The first kappa shape index (κ1) is 35.2. The summed E-state index contributed by atoms with van der Waals surface area (Å²) >= 11 is 0. The smallest absolute Gasteiger partial charge is 0.0794 e. The Balaban J connectivity index is 1.08. The zero-order valence-corrected chi connectivity index (χ0v) is 32.8. The maximum absolute atomic E-state index is 5.47. The van der Waals surface area contributed by atoms with Crippen LogP contribution in [0.15, 0.2) is 231 Å². The van der Waals surface area contributed by atoms with Crippen LogP contribution in [-0.2, 0) is 0 Å². The molecule has 0 aliphatic carbocycles. The fourth-order valence-corrected chi connectivity index (χ4v) is 8.62. The Morgan fingerprint density at radius 2 is 0.567 bits per heavy atom. The molecule has 2 nitrogen and oxygen atoms in total. The molecule has 2 heteroatoms. The minimum absolute atomic E-state index is 0.940. The highest BCUT2D eigenvalue weighted by Gasteiger charge is 2.17. The molecule has 2 aromatic heterocycles. The van der Waals surface area contributed by atoms with Gasteiger partial charge >= 0.3 is 0 Å². The Bertz CT molecular complexity index is 3300. The average Bonchev–Trinajstić information content (AvgIpc) is 3.34. The van der Waals surface area contributed by atoms with E-state index in [0.29, 0.717) is 0 Å². The van der Waals surface area contributed by atoms with E-state index in [9.17, 15) is 0 Å². The van der Waals surface area contributed by atoms with Gasteiger partial charge in [-0.2, -0.15) is 0 Å². The first-order valence-electron chi connectivity index (χ1n) is 20.5. The fraction of sp³-hybridized carbons (Fsp3) is 0. The molecule has 0 bridgehead atoms. The molecule has 0 aliphatic heterocycles. The molecule has 280 valence electrons. The van der Waals surface area contributed by atoms with Crippen molar-refractivity contribution >= 4 is 32.6 Å². The molecule has 9 aromatic carbocycles. The summed E-state index contributed by atoms with van der Waals surface area (Å²) in [6.45, 7) is 0. The first-order chi connectivity index (χ1) is 29.7. The van der Waals surface area contributed by atoms with Crippen LogP contribution in [0.4, 0.5) is 0 Å². The van der Waals surface area contributed by atoms with Gasteiger partial charge < -0.3 is 0 Å². The SMILES string of the molecule is c1ccc(-c2ccc(-c3cc(-c4ccc(-c5cc(-c6ccccc6)c6ccccc6n5)cc4)c4cc(-c5ccc(-c6ccccc6)cc5)c5ccccc5c4n3)cc2)cc1. The lowest BCUT2D eigenvalue weighted by Crippen LogP contribution is -1.94. The molecular weight excluding hydrogens is 725 g/mol. The highest BCUT2D eigenvalue weighted by atomic mass is 14.7. The number of hydrogen-bond donors (Lipinski definition) is 0. The van der Waals surface area contributed by atoms with Crippen LogP contribution >= 0.6 is 0 Å². The van der Waals surface area contributed by atoms with Gasteiger partial charge in [0.05, 0.1) is 22.4 Å². The maximum Gasteiger partial charge on any atom is 0.0794 e. The number of pyridine rings is 2. The molecule has 0 radical (unpaired) electrons. The van der Waals surface area contributed by atoms with E-state index in [1.165, 1.54) is 49.9 Å². The van der Waals surface area contributed by atoms with Crippen molar-refractivity contribution in [2.45, 2.75) is 0 Å². The van der Waals surface area contributed by atoms with Crippen LogP contribution in [0, 0.1) is 0 Å². The van der Waals surface area contributed by atoms with Gasteiger partial charge in [0.25, 0.3) is 0 Å². The third kappa shape index (κ3) is 6.51. The molecule has 0 saturated carbocycles. The van der Waals surface area contributed by atoms with Crippen molar-refractivity contribution in [3.8, 4) is 78.1 Å². The summed E-state index contributed by atoms with van der Waals surface area (Å²) in [6.07, 6.45) is 0. The van der Waals surface area contributed by atoms with Crippen molar-refractivity contribution < 1.29 is 0 Å². The van der Waals surface area contributed by atoms with E-state index in [0.717, 1.165) is 60.8 Å². The molecule has 2 heterocycles. The monoisotopic (exact) mass is 762 g/mol. The second-order valence-electron chi connectivity index (χ2n) is 15.3. The topological polar surface area (TPSA) is 25.8 Å². The maximum atomic E-state index is 5.47. The van der Waals surface area contributed by atoms with Crippen LogP contribution < -0.4 is 0 Å². The number of aromatic nitrogens is 2. The third-order valence-electron chi connectivity index (χ3n) is 11.7. The summed E-state index contributed by atoms with van der Waals surface area (Å²) in [6, 6.07) is 82.3.